The summed E-state index contributed by atoms with van der Waals surface area (Å²) in [5.41, 5.74) is 2.89. The third-order valence-corrected chi connectivity index (χ3v) is 9.88. The minimum Gasteiger partial charge on any atom is -0.490 e. The third-order valence-electron chi connectivity index (χ3n) is 8.76. The average molecular weight is 859 g/mol. The Morgan fingerprint density at radius 1 is 0.542 bits per heavy atom. The van der Waals surface area contributed by atoms with Crippen LogP contribution in [0.5, 0.6) is 34.5 Å². The van der Waals surface area contributed by atoms with Crippen molar-refractivity contribution in [2.45, 2.75) is 53.9 Å². The van der Waals surface area contributed by atoms with Crippen LogP contribution in [-0.4, -0.2) is 105 Å². The lowest BCUT2D eigenvalue weighted by Crippen LogP contribution is -2.60. The topological polar surface area (TPSA) is 174 Å². The number of hydrogen-bond acceptors (Lipinski definition) is 16. The van der Waals surface area contributed by atoms with Crippen molar-refractivity contribution in [3.8, 4) is 56.8 Å². The number of nitrogens with zero attached hydrogens (tertiary/aromatic N) is 4. The molecule has 2 aromatic heterocycles. The van der Waals surface area contributed by atoms with Gasteiger partial charge in [-0.1, -0.05) is 0 Å². The molecule has 59 heavy (non-hydrogen) atoms. The molecule has 322 valence electrons. The molecule has 16 nitrogen and oxygen atoms in total. The zero-order valence-corrected chi connectivity index (χ0v) is 36.5. The van der Waals surface area contributed by atoms with Crippen LogP contribution in [0.25, 0.3) is 22.3 Å². The second kappa shape index (κ2) is 19.8. The van der Waals surface area contributed by atoms with Crippen molar-refractivity contribution in [1.82, 2.24) is 9.97 Å². The SMILES string of the molecule is CCOc1cc(-c2ccc(N3CCCN(c4ccc(-c5cc(OCC)c(OCC)c(OCC)c5)cn4)C(OS(C)(=O)=O)(OS(C)(=O)=O)C3)nc2)cc(OCC)c1OCC. The van der Waals surface area contributed by atoms with Gasteiger partial charge in [-0.15, -0.1) is 0 Å². The Hall–Kier alpha value is -5.04. The fourth-order valence-electron chi connectivity index (χ4n) is 6.68. The van der Waals surface area contributed by atoms with E-state index >= 15 is 0 Å². The Bertz CT molecular complexity index is 2150. The molecule has 0 bridgehead atoms. The van der Waals surface area contributed by atoms with E-state index in [9.17, 15) is 16.8 Å². The van der Waals surface area contributed by atoms with Gasteiger partial charge in [0.05, 0.1) is 58.7 Å². The summed E-state index contributed by atoms with van der Waals surface area (Å²) in [6.45, 7) is 13.8. The van der Waals surface area contributed by atoms with Gasteiger partial charge in [0.15, 0.2) is 23.0 Å². The van der Waals surface area contributed by atoms with Gasteiger partial charge in [0.1, 0.15) is 11.6 Å². The van der Waals surface area contributed by atoms with Gasteiger partial charge in [-0.3, -0.25) is 0 Å². The van der Waals surface area contributed by atoms with Crippen LogP contribution in [0.3, 0.4) is 0 Å². The molecule has 5 rings (SSSR count). The molecule has 0 saturated carbocycles. The number of rotatable bonds is 20. The van der Waals surface area contributed by atoms with Gasteiger partial charge in [0.2, 0.25) is 11.5 Å². The molecule has 3 heterocycles. The van der Waals surface area contributed by atoms with Crippen molar-refractivity contribution in [1.29, 1.82) is 0 Å². The summed E-state index contributed by atoms with van der Waals surface area (Å²) >= 11 is 0. The highest BCUT2D eigenvalue weighted by molar-refractivity contribution is 7.86. The Morgan fingerprint density at radius 2 is 0.932 bits per heavy atom. The quantitative estimate of drug-likeness (QED) is 0.0693. The molecule has 0 N–H and O–H groups in total. The normalized spacial score (nSPS) is 14.4. The Morgan fingerprint density at radius 3 is 1.27 bits per heavy atom. The maximum Gasteiger partial charge on any atom is 0.301 e. The summed E-state index contributed by atoms with van der Waals surface area (Å²) in [7, 11) is -8.69. The molecule has 0 amide bonds. The third kappa shape index (κ3) is 11.4. The minimum absolute atomic E-state index is 0.102. The number of hydrogen-bond donors (Lipinski definition) is 0. The predicted molar refractivity (Wildman–Crippen MR) is 225 cm³/mol. The summed E-state index contributed by atoms with van der Waals surface area (Å²) in [5, 5.41) is 0. The van der Waals surface area contributed by atoms with Crippen LogP contribution in [-0.2, 0) is 28.6 Å². The maximum atomic E-state index is 13.0. The second-order valence-corrected chi connectivity index (χ2v) is 16.4. The molecule has 1 aliphatic rings. The molecule has 1 aliphatic heterocycles. The van der Waals surface area contributed by atoms with Gasteiger partial charge in [0.25, 0.3) is 20.2 Å². The van der Waals surface area contributed by atoms with Crippen LogP contribution >= 0.6 is 0 Å². The summed E-state index contributed by atoms with van der Waals surface area (Å²) in [6.07, 6.45) is 5.32. The van der Waals surface area contributed by atoms with E-state index in [1.807, 2.05) is 71.9 Å². The van der Waals surface area contributed by atoms with Gasteiger partial charge in [-0.2, -0.15) is 16.8 Å². The van der Waals surface area contributed by atoms with E-state index in [-0.39, 0.29) is 18.9 Å². The summed E-state index contributed by atoms with van der Waals surface area (Å²) < 4.78 is 98.6. The van der Waals surface area contributed by atoms with Crippen molar-refractivity contribution >= 4 is 31.9 Å². The maximum absolute atomic E-state index is 13.0. The molecule has 2 aromatic carbocycles. The first-order valence-corrected chi connectivity index (χ1v) is 23.2. The molecular weight excluding hydrogens is 805 g/mol. The van der Waals surface area contributed by atoms with E-state index in [2.05, 4.69) is 4.98 Å². The van der Waals surface area contributed by atoms with E-state index < -0.39 is 26.1 Å². The molecule has 1 saturated heterocycles. The smallest absolute Gasteiger partial charge is 0.301 e. The first kappa shape index (κ1) is 45.1. The summed E-state index contributed by atoms with van der Waals surface area (Å²) in [5.74, 6) is 1.27. The molecule has 0 spiro atoms. The zero-order chi connectivity index (χ0) is 42.8. The largest absolute Gasteiger partial charge is 0.490 e. The molecule has 0 atom stereocenters. The monoisotopic (exact) mass is 858 g/mol. The standard InChI is InChI=1S/C41H54N4O12S2/c1-9-50-33-22-31(23-34(51-10-2)39(33)54-13-5)29-16-18-37(42-26-29)44-20-15-21-45(41(28-44,56-58(7,46)47)57-59(8,48)49)38-19-17-30(27-43-38)32-24-35(52-11-3)40(55-14-6)36(25-32)53-12-4/h16-19,22-27H,9-15,20-21,28H2,1-8H3. The predicted octanol–water partition coefficient (Wildman–Crippen LogP) is 6.53. The van der Waals surface area contributed by atoms with Crippen molar-refractivity contribution in [3.63, 3.8) is 0 Å². The Kier molecular flexibility index (Phi) is 15.1. The number of benzene rings is 2. The van der Waals surface area contributed by atoms with Crippen molar-refractivity contribution in [2.75, 3.05) is 81.6 Å². The lowest BCUT2D eigenvalue weighted by atomic mass is 10.1. The lowest BCUT2D eigenvalue weighted by molar-refractivity contribution is -0.0948. The zero-order valence-electron chi connectivity index (χ0n) is 34.8. The van der Waals surface area contributed by atoms with Gasteiger partial charge < -0.3 is 38.2 Å². The van der Waals surface area contributed by atoms with Crippen LogP contribution in [0.15, 0.2) is 60.9 Å². The van der Waals surface area contributed by atoms with Crippen molar-refractivity contribution in [2.24, 2.45) is 0 Å². The van der Waals surface area contributed by atoms with E-state index in [0.29, 0.717) is 98.5 Å². The fourth-order valence-corrected chi connectivity index (χ4v) is 8.02. The van der Waals surface area contributed by atoms with Crippen LogP contribution in [0, 0.1) is 0 Å². The number of anilines is 2. The number of aromatic nitrogens is 2. The van der Waals surface area contributed by atoms with Gasteiger partial charge >= 0.3 is 5.91 Å². The molecule has 0 radical (unpaired) electrons. The van der Waals surface area contributed by atoms with Crippen LogP contribution < -0.4 is 38.2 Å². The Balaban J connectivity index is 1.54. The van der Waals surface area contributed by atoms with E-state index in [0.717, 1.165) is 29.2 Å². The lowest BCUT2D eigenvalue weighted by Gasteiger charge is -2.41. The molecule has 0 aliphatic carbocycles. The van der Waals surface area contributed by atoms with Gasteiger partial charge in [0, 0.05) is 36.6 Å². The fraction of sp³-hybridized carbons (Fsp3) is 0.463. The van der Waals surface area contributed by atoms with Crippen molar-refractivity contribution < 1.29 is 53.6 Å². The molecular formula is C41H54N4O12S2. The van der Waals surface area contributed by atoms with E-state index in [4.69, 9.17) is 41.8 Å². The van der Waals surface area contributed by atoms with Crippen molar-refractivity contribution in [3.05, 3.63) is 60.9 Å². The first-order chi connectivity index (χ1) is 28.2. The minimum atomic E-state index is -4.35. The number of ether oxygens (including phenoxy) is 6. The molecule has 4 aromatic rings. The molecule has 1 fully saturated rings. The van der Waals surface area contributed by atoms with Crippen LogP contribution in [0.1, 0.15) is 48.0 Å². The van der Waals surface area contributed by atoms with E-state index in [1.54, 1.807) is 35.5 Å². The highest BCUT2D eigenvalue weighted by Crippen LogP contribution is 2.44. The second-order valence-electron chi connectivity index (χ2n) is 13.2. The Labute approximate surface area is 347 Å². The number of pyridine rings is 2. The molecule has 18 heteroatoms. The van der Waals surface area contributed by atoms with Crippen LogP contribution in [0.2, 0.25) is 0 Å². The van der Waals surface area contributed by atoms with Crippen LogP contribution in [0.4, 0.5) is 11.6 Å². The van der Waals surface area contributed by atoms with Gasteiger partial charge in [-0.25, -0.2) is 18.3 Å². The van der Waals surface area contributed by atoms with E-state index in [1.165, 1.54) is 4.90 Å². The first-order valence-electron chi connectivity index (χ1n) is 19.6. The summed E-state index contributed by atoms with van der Waals surface area (Å²) in [4.78, 5) is 12.5. The van der Waals surface area contributed by atoms with Gasteiger partial charge in [-0.05, 0) is 108 Å². The highest BCUT2D eigenvalue weighted by Gasteiger charge is 2.50. The summed E-state index contributed by atoms with van der Waals surface area (Å²) in [6, 6.07) is 14.4. The highest BCUT2D eigenvalue weighted by atomic mass is 32.2. The average Bonchev–Trinajstić information content (AvgIpc) is 3.35. The molecule has 0 unspecified atom stereocenters.